The first-order valence-electron chi connectivity index (χ1n) is 7.70. The van der Waals surface area contributed by atoms with E-state index >= 15 is 0 Å². The molecule has 0 radical (unpaired) electrons. The van der Waals surface area contributed by atoms with Crippen LogP contribution >= 0.6 is 23.4 Å². The van der Waals surface area contributed by atoms with Gasteiger partial charge in [0.05, 0.1) is 24.7 Å². The molecule has 0 unspecified atom stereocenters. The van der Waals surface area contributed by atoms with Crippen LogP contribution in [0.5, 0.6) is 11.5 Å². The van der Waals surface area contributed by atoms with Crippen molar-refractivity contribution in [3.05, 3.63) is 47.5 Å². The van der Waals surface area contributed by atoms with Crippen LogP contribution < -0.4 is 14.8 Å². The molecular weight excluding hydrogens is 346 g/mol. The Labute approximate surface area is 151 Å². The number of carbonyl (C=O) groups is 1. The van der Waals surface area contributed by atoms with Gasteiger partial charge in [0.15, 0.2) is 0 Å². The average Bonchev–Trinajstić information content (AvgIpc) is 2.57. The van der Waals surface area contributed by atoms with Crippen LogP contribution in [0.2, 0.25) is 5.02 Å². The van der Waals surface area contributed by atoms with Gasteiger partial charge >= 0.3 is 0 Å². The lowest BCUT2D eigenvalue weighted by atomic mass is 10.2. The van der Waals surface area contributed by atoms with Crippen molar-refractivity contribution in [2.75, 3.05) is 24.3 Å². The van der Waals surface area contributed by atoms with E-state index in [1.807, 2.05) is 32.0 Å². The van der Waals surface area contributed by atoms with E-state index < -0.39 is 0 Å². The summed E-state index contributed by atoms with van der Waals surface area (Å²) in [7, 11) is 0. The molecule has 0 heterocycles. The lowest BCUT2D eigenvalue weighted by Crippen LogP contribution is -2.15. The number of amides is 1. The van der Waals surface area contributed by atoms with Gasteiger partial charge in [0, 0.05) is 16.0 Å². The quantitative estimate of drug-likeness (QED) is 0.678. The minimum atomic E-state index is -0.107. The van der Waals surface area contributed by atoms with E-state index in [1.54, 1.807) is 24.3 Å². The van der Waals surface area contributed by atoms with Crippen LogP contribution in [0.25, 0.3) is 0 Å². The van der Waals surface area contributed by atoms with Gasteiger partial charge < -0.3 is 14.8 Å². The van der Waals surface area contributed by atoms with Gasteiger partial charge in [-0.2, -0.15) is 0 Å². The first-order valence-corrected chi connectivity index (χ1v) is 9.06. The minimum Gasteiger partial charge on any atom is -0.494 e. The molecule has 128 valence electrons. The highest BCUT2D eigenvalue weighted by Crippen LogP contribution is 2.30. The van der Waals surface area contributed by atoms with Crippen molar-refractivity contribution in [1.29, 1.82) is 0 Å². The summed E-state index contributed by atoms with van der Waals surface area (Å²) in [6.07, 6.45) is 0. The average molecular weight is 366 g/mol. The van der Waals surface area contributed by atoms with E-state index in [0.717, 1.165) is 4.90 Å². The Bertz CT molecular complexity index is 676. The lowest BCUT2D eigenvalue weighted by Gasteiger charge is -2.13. The van der Waals surface area contributed by atoms with Crippen LogP contribution in [0.1, 0.15) is 13.8 Å². The Kier molecular flexibility index (Phi) is 7.28. The van der Waals surface area contributed by atoms with Gasteiger partial charge in [-0.3, -0.25) is 4.79 Å². The SMILES string of the molecule is CCOc1ccc(OCC)c(NC(=O)CSc2ccc(Cl)cc2)c1. The maximum Gasteiger partial charge on any atom is 0.234 e. The summed E-state index contributed by atoms with van der Waals surface area (Å²) in [6, 6.07) is 12.8. The molecule has 2 aromatic rings. The fourth-order valence-electron chi connectivity index (χ4n) is 2.01. The van der Waals surface area contributed by atoms with Crippen molar-refractivity contribution >= 4 is 35.0 Å². The highest BCUT2D eigenvalue weighted by Gasteiger charge is 2.10. The number of ether oxygens (including phenoxy) is 2. The Balaban J connectivity index is 2.00. The molecule has 0 atom stereocenters. The van der Waals surface area contributed by atoms with Gasteiger partial charge in [-0.05, 0) is 50.2 Å². The molecule has 0 fully saturated rings. The Morgan fingerprint density at radius 1 is 1.08 bits per heavy atom. The summed E-state index contributed by atoms with van der Waals surface area (Å²) in [5.74, 6) is 1.52. The molecule has 2 aromatic carbocycles. The summed E-state index contributed by atoms with van der Waals surface area (Å²) in [5.41, 5.74) is 0.615. The maximum absolute atomic E-state index is 12.2. The lowest BCUT2D eigenvalue weighted by molar-refractivity contribution is -0.113. The number of hydrogen-bond donors (Lipinski definition) is 1. The third-order valence-corrected chi connectivity index (χ3v) is 4.28. The van der Waals surface area contributed by atoms with Crippen molar-refractivity contribution in [3.63, 3.8) is 0 Å². The molecular formula is C18H20ClNO3S. The zero-order valence-electron chi connectivity index (χ0n) is 13.7. The fourth-order valence-corrected chi connectivity index (χ4v) is 2.84. The highest BCUT2D eigenvalue weighted by atomic mass is 35.5. The molecule has 0 saturated heterocycles. The molecule has 4 nitrogen and oxygen atoms in total. The van der Waals surface area contributed by atoms with Crippen molar-refractivity contribution in [1.82, 2.24) is 0 Å². The fraction of sp³-hybridized carbons (Fsp3) is 0.278. The van der Waals surface area contributed by atoms with Crippen LogP contribution in [0.3, 0.4) is 0 Å². The third kappa shape index (κ3) is 5.65. The van der Waals surface area contributed by atoms with Gasteiger partial charge in [0.1, 0.15) is 11.5 Å². The van der Waals surface area contributed by atoms with E-state index in [-0.39, 0.29) is 5.91 Å². The molecule has 0 aliphatic carbocycles. The Morgan fingerprint density at radius 3 is 2.46 bits per heavy atom. The first-order chi connectivity index (χ1) is 11.6. The van der Waals surface area contributed by atoms with Crippen molar-refractivity contribution in [2.45, 2.75) is 18.7 Å². The number of hydrogen-bond acceptors (Lipinski definition) is 4. The van der Waals surface area contributed by atoms with Gasteiger partial charge in [0.2, 0.25) is 5.91 Å². The number of halogens is 1. The predicted molar refractivity (Wildman–Crippen MR) is 99.6 cm³/mol. The second kappa shape index (κ2) is 9.45. The molecule has 0 saturated carbocycles. The number of thioether (sulfide) groups is 1. The number of nitrogens with one attached hydrogen (secondary N) is 1. The smallest absolute Gasteiger partial charge is 0.234 e. The van der Waals surface area contributed by atoms with Crippen LogP contribution in [-0.4, -0.2) is 24.9 Å². The van der Waals surface area contributed by atoms with Crippen LogP contribution in [-0.2, 0) is 4.79 Å². The summed E-state index contributed by atoms with van der Waals surface area (Å²) in [6.45, 7) is 4.90. The molecule has 0 aromatic heterocycles. The van der Waals surface area contributed by atoms with E-state index in [4.69, 9.17) is 21.1 Å². The molecule has 2 rings (SSSR count). The van der Waals surface area contributed by atoms with E-state index in [0.29, 0.717) is 41.2 Å². The van der Waals surface area contributed by atoms with E-state index in [9.17, 15) is 4.79 Å². The molecule has 0 spiro atoms. The first kappa shape index (κ1) is 18.5. The van der Waals surface area contributed by atoms with E-state index in [1.165, 1.54) is 11.8 Å². The normalized spacial score (nSPS) is 10.3. The van der Waals surface area contributed by atoms with Gasteiger partial charge in [-0.25, -0.2) is 0 Å². The maximum atomic E-state index is 12.2. The number of benzene rings is 2. The predicted octanol–water partition coefficient (Wildman–Crippen LogP) is 4.87. The molecule has 0 aliphatic heterocycles. The Morgan fingerprint density at radius 2 is 1.79 bits per heavy atom. The summed E-state index contributed by atoms with van der Waals surface area (Å²) in [4.78, 5) is 13.2. The highest BCUT2D eigenvalue weighted by molar-refractivity contribution is 8.00. The molecule has 0 aliphatic rings. The minimum absolute atomic E-state index is 0.107. The topological polar surface area (TPSA) is 47.6 Å². The number of rotatable bonds is 8. The summed E-state index contributed by atoms with van der Waals surface area (Å²) < 4.78 is 11.0. The van der Waals surface area contributed by atoms with Crippen molar-refractivity contribution in [3.8, 4) is 11.5 Å². The van der Waals surface area contributed by atoms with Crippen LogP contribution in [0, 0.1) is 0 Å². The number of carbonyl (C=O) groups excluding carboxylic acids is 1. The molecule has 0 bridgehead atoms. The van der Waals surface area contributed by atoms with Gasteiger partial charge in [0.25, 0.3) is 0 Å². The molecule has 1 N–H and O–H groups in total. The van der Waals surface area contributed by atoms with Crippen LogP contribution in [0.4, 0.5) is 5.69 Å². The summed E-state index contributed by atoms with van der Waals surface area (Å²) >= 11 is 7.30. The standard InChI is InChI=1S/C18H20ClNO3S/c1-3-22-14-7-10-17(23-4-2)16(11-14)20-18(21)12-24-15-8-5-13(19)6-9-15/h5-11H,3-4,12H2,1-2H3,(H,20,21). The monoisotopic (exact) mass is 365 g/mol. The second-order valence-electron chi connectivity index (χ2n) is 4.81. The summed E-state index contributed by atoms with van der Waals surface area (Å²) in [5, 5.41) is 3.56. The van der Waals surface area contributed by atoms with Gasteiger partial charge in [-0.15, -0.1) is 11.8 Å². The molecule has 6 heteroatoms. The van der Waals surface area contributed by atoms with Crippen molar-refractivity contribution < 1.29 is 14.3 Å². The zero-order chi connectivity index (χ0) is 17.4. The zero-order valence-corrected chi connectivity index (χ0v) is 15.2. The Hall–Kier alpha value is -1.85. The van der Waals surface area contributed by atoms with Crippen molar-refractivity contribution in [2.24, 2.45) is 0 Å². The van der Waals surface area contributed by atoms with E-state index in [2.05, 4.69) is 5.32 Å². The molecule has 24 heavy (non-hydrogen) atoms. The second-order valence-corrected chi connectivity index (χ2v) is 6.30. The van der Waals surface area contributed by atoms with Gasteiger partial charge in [-0.1, -0.05) is 11.6 Å². The number of anilines is 1. The largest absolute Gasteiger partial charge is 0.494 e. The molecule has 1 amide bonds. The van der Waals surface area contributed by atoms with Crippen LogP contribution in [0.15, 0.2) is 47.4 Å². The third-order valence-electron chi connectivity index (χ3n) is 3.02.